The fourth-order valence-electron chi connectivity index (χ4n) is 2.45. The Labute approximate surface area is 107 Å². The van der Waals surface area contributed by atoms with Crippen LogP contribution in [-0.2, 0) is 0 Å². The van der Waals surface area contributed by atoms with Gasteiger partial charge in [0.25, 0.3) is 0 Å². The maximum absolute atomic E-state index is 12.4. The molecule has 2 rings (SSSR count). The van der Waals surface area contributed by atoms with Crippen LogP contribution < -0.4 is 4.74 Å². The molecular weight excluding hydrogens is 236 g/mol. The van der Waals surface area contributed by atoms with E-state index in [1.807, 2.05) is 0 Å². The number of ether oxygens (including phenoxy) is 1. The highest BCUT2D eigenvalue weighted by molar-refractivity contribution is 6.30. The van der Waals surface area contributed by atoms with Gasteiger partial charge in [0, 0.05) is 10.9 Å². The summed E-state index contributed by atoms with van der Waals surface area (Å²) in [6, 6.07) is 5.23. The van der Waals surface area contributed by atoms with Crippen molar-refractivity contribution in [3.8, 4) is 5.75 Å². The van der Waals surface area contributed by atoms with E-state index in [4.69, 9.17) is 16.3 Å². The molecule has 0 aromatic heterocycles. The highest BCUT2D eigenvalue weighted by Crippen LogP contribution is 2.31. The smallest absolute Gasteiger partial charge is 0.169 e. The standard InChI is InChI=1S/C14H17ClO2/c1-17-13-9-11(15)7-8-12(13)14(16)10-5-3-2-4-6-10/h7-10H,2-6H2,1H3. The Morgan fingerprint density at radius 1 is 1.29 bits per heavy atom. The predicted octanol–water partition coefficient (Wildman–Crippen LogP) is 4.11. The van der Waals surface area contributed by atoms with E-state index in [2.05, 4.69) is 0 Å². The Balaban J connectivity index is 2.23. The van der Waals surface area contributed by atoms with E-state index in [0.717, 1.165) is 25.7 Å². The molecule has 0 aliphatic heterocycles. The largest absolute Gasteiger partial charge is 0.496 e. The van der Waals surface area contributed by atoms with Gasteiger partial charge in [-0.1, -0.05) is 30.9 Å². The first-order chi connectivity index (χ1) is 8.22. The summed E-state index contributed by atoms with van der Waals surface area (Å²) in [6.45, 7) is 0. The van der Waals surface area contributed by atoms with E-state index in [1.54, 1.807) is 25.3 Å². The van der Waals surface area contributed by atoms with Crippen LogP contribution in [0.3, 0.4) is 0 Å². The minimum absolute atomic E-state index is 0.166. The third kappa shape index (κ3) is 2.81. The molecule has 0 amide bonds. The van der Waals surface area contributed by atoms with Gasteiger partial charge in [-0.15, -0.1) is 0 Å². The number of hydrogen-bond donors (Lipinski definition) is 0. The highest BCUT2D eigenvalue weighted by Gasteiger charge is 2.24. The summed E-state index contributed by atoms with van der Waals surface area (Å²) in [4.78, 5) is 12.4. The van der Waals surface area contributed by atoms with Gasteiger partial charge in [0.2, 0.25) is 0 Å². The maximum Gasteiger partial charge on any atom is 0.169 e. The molecule has 1 aliphatic carbocycles. The molecule has 0 radical (unpaired) electrons. The number of carbonyl (C=O) groups excluding carboxylic acids is 1. The van der Waals surface area contributed by atoms with E-state index < -0.39 is 0 Å². The lowest BCUT2D eigenvalue weighted by Crippen LogP contribution is -2.18. The Morgan fingerprint density at radius 3 is 2.65 bits per heavy atom. The van der Waals surface area contributed by atoms with Gasteiger partial charge in [-0.25, -0.2) is 0 Å². The molecular formula is C14H17ClO2. The summed E-state index contributed by atoms with van der Waals surface area (Å²) < 4.78 is 5.23. The summed E-state index contributed by atoms with van der Waals surface area (Å²) in [7, 11) is 1.57. The van der Waals surface area contributed by atoms with Gasteiger partial charge in [-0.05, 0) is 31.0 Å². The minimum atomic E-state index is 0.166. The van der Waals surface area contributed by atoms with Crippen molar-refractivity contribution in [1.29, 1.82) is 0 Å². The monoisotopic (exact) mass is 252 g/mol. The van der Waals surface area contributed by atoms with Crippen LogP contribution in [0.4, 0.5) is 0 Å². The van der Waals surface area contributed by atoms with Crippen molar-refractivity contribution in [3.05, 3.63) is 28.8 Å². The molecule has 92 valence electrons. The first kappa shape index (κ1) is 12.4. The zero-order chi connectivity index (χ0) is 12.3. The van der Waals surface area contributed by atoms with Gasteiger partial charge < -0.3 is 4.74 Å². The van der Waals surface area contributed by atoms with Crippen molar-refractivity contribution in [2.45, 2.75) is 32.1 Å². The van der Waals surface area contributed by atoms with Crippen LogP contribution in [-0.4, -0.2) is 12.9 Å². The lowest BCUT2D eigenvalue weighted by molar-refractivity contribution is 0.0886. The Hall–Kier alpha value is -1.02. The van der Waals surface area contributed by atoms with Crippen LogP contribution >= 0.6 is 11.6 Å². The second kappa shape index (κ2) is 5.54. The lowest BCUT2D eigenvalue weighted by Gasteiger charge is -2.21. The zero-order valence-corrected chi connectivity index (χ0v) is 10.8. The van der Waals surface area contributed by atoms with Crippen LogP contribution in [0.2, 0.25) is 5.02 Å². The van der Waals surface area contributed by atoms with Gasteiger partial charge in [-0.3, -0.25) is 4.79 Å². The summed E-state index contributed by atoms with van der Waals surface area (Å²) in [5.41, 5.74) is 0.670. The predicted molar refractivity (Wildman–Crippen MR) is 68.9 cm³/mol. The Kier molecular flexibility index (Phi) is 4.06. The number of hydrogen-bond acceptors (Lipinski definition) is 2. The molecule has 0 spiro atoms. The zero-order valence-electron chi connectivity index (χ0n) is 10.0. The third-order valence-electron chi connectivity index (χ3n) is 3.40. The van der Waals surface area contributed by atoms with Crippen LogP contribution in [0.5, 0.6) is 5.75 Å². The molecule has 0 saturated heterocycles. The lowest BCUT2D eigenvalue weighted by atomic mass is 9.83. The average Bonchev–Trinajstić information content (AvgIpc) is 2.39. The third-order valence-corrected chi connectivity index (χ3v) is 3.64. The van der Waals surface area contributed by atoms with E-state index in [9.17, 15) is 4.79 Å². The quantitative estimate of drug-likeness (QED) is 0.757. The van der Waals surface area contributed by atoms with Crippen molar-refractivity contribution in [2.75, 3.05) is 7.11 Å². The second-order valence-corrected chi connectivity index (χ2v) is 4.98. The van der Waals surface area contributed by atoms with Crippen molar-refractivity contribution in [3.63, 3.8) is 0 Å². The molecule has 2 nitrogen and oxygen atoms in total. The van der Waals surface area contributed by atoms with Crippen LogP contribution in [0, 0.1) is 5.92 Å². The van der Waals surface area contributed by atoms with Crippen LogP contribution in [0.15, 0.2) is 18.2 Å². The molecule has 0 atom stereocenters. The molecule has 0 unspecified atom stereocenters. The molecule has 0 heterocycles. The van der Waals surface area contributed by atoms with Crippen molar-refractivity contribution >= 4 is 17.4 Å². The number of methoxy groups -OCH3 is 1. The van der Waals surface area contributed by atoms with Crippen LogP contribution in [0.1, 0.15) is 42.5 Å². The van der Waals surface area contributed by atoms with Crippen LogP contribution in [0.25, 0.3) is 0 Å². The normalized spacial score (nSPS) is 16.8. The molecule has 1 saturated carbocycles. The minimum Gasteiger partial charge on any atom is -0.496 e. The number of benzene rings is 1. The Morgan fingerprint density at radius 2 is 2.00 bits per heavy atom. The summed E-state index contributed by atoms with van der Waals surface area (Å²) in [5.74, 6) is 0.963. The molecule has 17 heavy (non-hydrogen) atoms. The number of rotatable bonds is 3. The SMILES string of the molecule is COc1cc(Cl)ccc1C(=O)C1CCCCC1. The van der Waals surface area contributed by atoms with Crippen molar-refractivity contribution in [1.82, 2.24) is 0 Å². The van der Waals surface area contributed by atoms with E-state index in [-0.39, 0.29) is 11.7 Å². The molecule has 3 heteroatoms. The van der Waals surface area contributed by atoms with Gasteiger partial charge in [0.15, 0.2) is 5.78 Å². The number of carbonyl (C=O) groups is 1. The van der Waals surface area contributed by atoms with Gasteiger partial charge in [0.1, 0.15) is 5.75 Å². The first-order valence-electron chi connectivity index (χ1n) is 6.10. The summed E-state index contributed by atoms with van der Waals surface area (Å²) >= 11 is 5.89. The molecule has 0 bridgehead atoms. The summed E-state index contributed by atoms with van der Waals surface area (Å²) in [6.07, 6.45) is 5.58. The molecule has 1 aromatic rings. The topological polar surface area (TPSA) is 26.3 Å². The Bertz CT molecular complexity index is 409. The van der Waals surface area contributed by atoms with E-state index >= 15 is 0 Å². The molecule has 0 N–H and O–H groups in total. The van der Waals surface area contributed by atoms with Gasteiger partial charge in [0.05, 0.1) is 12.7 Å². The van der Waals surface area contributed by atoms with Gasteiger partial charge in [-0.2, -0.15) is 0 Å². The second-order valence-electron chi connectivity index (χ2n) is 4.54. The van der Waals surface area contributed by atoms with Gasteiger partial charge >= 0.3 is 0 Å². The van der Waals surface area contributed by atoms with Crippen molar-refractivity contribution < 1.29 is 9.53 Å². The molecule has 1 aromatic carbocycles. The highest BCUT2D eigenvalue weighted by atomic mass is 35.5. The molecule has 1 aliphatic rings. The fourth-order valence-corrected chi connectivity index (χ4v) is 2.62. The average molecular weight is 253 g/mol. The van der Waals surface area contributed by atoms with E-state index in [0.29, 0.717) is 16.3 Å². The maximum atomic E-state index is 12.4. The number of ketones is 1. The van der Waals surface area contributed by atoms with E-state index in [1.165, 1.54) is 6.42 Å². The number of halogens is 1. The fraction of sp³-hybridized carbons (Fsp3) is 0.500. The number of Topliss-reactive ketones (excluding diaryl/α,β-unsaturated/α-hetero) is 1. The molecule has 1 fully saturated rings. The van der Waals surface area contributed by atoms with Crippen molar-refractivity contribution in [2.24, 2.45) is 5.92 Å². The first-order valence-corrected chi connectivity index (χ1v) is 6.48. The summed E-state index contributed by atoms with van der Waals surface area (Å²) in [5, 5.41) is 0.599.